The molecule has 0 aliphatic rings. The summed E-state index contributed by atoms with van der Waals surface area (Å²) >= 11 is 12.2. The van der Waals surface area contributed by atoms with Crippen LogP contribution < -0.4 is 4.74 Å². The molecule has 0 aliphatic carbocycles. The minimum atomic E-state index is -0.0633. The van der Waals surface area contributed by atoms with Crippen molar-refractivity contribution < 1.29 is 14.3 Å². The topological polar surface area (TPSA) is 72.8 Å². The van der Waals surface area contributed by atoms with Gasteiger partial charge in [0, 0.05) is 12.1 Å². The van der Waals surface area contributed by atoms with Gasteiger partial charge in [0.05, 0.1) is 22.0 Å². The van der Waals surface area contributed by atoms with Crippen molar-refractivity contribution in [1.29, 1.82) is 0 Å². The summed E-state index contributed by atoms with van der Waals surface area (Å²) in [6, 6.07) is 11.8. The molecular formula is C17H11Cl2N3O3. The van der Waals surface area contributed by atoms with Gasteiger partial charge in [-0.15, -0.1) is 0 Å². The van der Waals surface area contributed by atoms with Crippen molar-refractivity contribution >= 4 is 28.8 Å². The van der Waals surface area contributed by atoms with Crippen LogP contribution in [0.4, 0.5) is 0 Å². The highest BCUT2D eigenvalue weighted by molar-refractivity contribution is 6.37. The SMILES string of the molecule is Oc1cc(COc2c(Cl)cccc2Cl)nc2cc(-c3ccco3)nn12. The predicted octanol–water partition coefficient (Wildman–Crippen LogP) is 4.58. The number of furan rings is 1. The quantitative estimate of drug-likeness (QED) is 0.564. The maximum absolute atomic E-state index is 10.2. The molecular weight excluding hydrogens is 365 g/mol. The molecule has 0 saturated carbocycles. The Hall–Kier alpha value is -2.70. The van der Waals surface area contributed by atoms with Gasteiger partial charge in [-0.1, -0.05) is 29.3 Å². The molecule has 1 N–H and O–H groups in total. The van der Waals surface area contributed by atoms with Crippen LogP contribution >= 0.6 is 23.2 Å². The number of aromatic hydroxyl groups is 1. The van der Waals surface area contributed by atoms with Gasteiger partial charge in [-0.2, -0.15) is 9.61 Å². The lowest BCUT2D eigenvalue weighted by Crippen LogP contribution is -2.02. The number of halogens is 2. The molecule has 0 fully saturated rings. The first-order valence-corrected chi connectivity index (χ1v) is 8.07. The third-order valence-corrected chi connectivity index (χ3v) is 4.11. The molecule has 4 aromatic rings. The zero-order chi connectivity index (χ0) is 17.4. The fourth-order valence-electron chi connectivity index (χ4n) is 2.39. The smallest absolute Gasteiger partial charge is 0.215 e. The Kier molecular flexibility index (Phi) is 3.99. The minimum Gasteiger partial charge on any atom is -0.493 e. The van der Waals surface area contributed by atoms with E-state index in [2.05, 4.69) is 10.1 Å². The highest BCUT2D eigenvalue weighted by Crippen LogP contribution is 2.33. The van der Waals surface area contributed by atoms with Gasteiger partial charge in [0.1, 0.15) is 12.3 Å². The molecule has 0 unspecified atom stereocenters. The summed E-state index contributed by atoms with van der Waals surface area (Å²) in [4.78, 5) is 4.43. The van der Waals surface area contributed by atoms with Crippen LogP contribution in [0, 0.1) is 0 Å². The van der Waals surface area contributed by atoms with Crippen LogP contribution in [-0.4, -0.2) is 19.7 Å². The fourth-order valence-corrected chi connectivity index (χ4v) is 2.90. The number of benzene rings is 1. The molecule has 0 aliphatic heterocycles. The molecule has 126 valence electrons. The Morgan fingerprint density at radius 2 is 1.92 bits per heavy atom. The number of ether oxygens (including phenoxy) is 1. The molecule has 1 aromatic carbocycles. The normalized spacial score (nSPS) is 11.1. The largest absolute Gasteiger partial charge is 0.493 e. The summed E-state index contributed by atoms with van der Waals surface area (Å²) in [5.74, 6) is 0.897. The van der Waals surface area contributed by atoms with E-state index in [4.69, 9.17) is 32.4 Å². The maximum Gasteiger partial charge on any atom is 0.215 e. The lowest BCUT2D eigenvalue weighted by Gasteiger charge is -2.09. The van der Waals surface area contributed by atoms with E-state index in [1.54, 1.807) is 42.7 Å². The molecule has 0 radical (unpaired) electrons. The van der Waals surface area contributed by atoms with Gasteiger partial charge in [0.25, 0.3) is 0 Å². The Morgan fingerprint density at radius 3 is 2.64 bits per heavy atom. The summed E-state index contributed by atoms with van der Waals surface area (Å²) in [5, 5.41) is 15.3. The highest BCUT2D eigenvalue weighted by Gasteiger charge is 2.13. The third-order valence-electron chi connectivity index (χ3n) is 3.52. The Morgan fingerprint density at radius 1 is 1.12 bits per heavy atom. The average Bonchev–Trinajstić information content (AvgIpc) is 3.23. The lowest BCUT2D eigenvalue weighted by atomic mass is 10.3. The van der Waals surface area contributed by atoms with Gasteiger partial charge >= 0.3 is 0 Å². The molecule has 0 saturated heterocycles. The number of nitrogens with zero attached hydrogens (tertiary/aromatic N) is 3. The van der Waals surface area contributed by atoms with Crippen molar-refractivity contribution in [2.24, 2.45) is 0 Å². The molecule has 3 heterocycles. The molecule has 0 spiro atoms. The van der Waals surface area contributed by atoms with E-state index in [1.807, 2.05) is 0 Å². The van der Waals surface area contributed by atoms with Gasteiger partial charge < -0.3 is 14.3 Å². The zero-order valence-corrected chi connectivity index (χ0v) is 14.2. The number of fused-ring (bicyclic) bond motifs is 1. The summed E-state index contributed by atoms with van der Waals surface area (Å²) in [6.07, 6.45) is 1.55. The third kappa shape index (κ3) is 3.01. The number of rotatable bonds is 4. The van der Waals surface area contributed by atoms with Crippen molar-refractivity contribution in [3.05, 3.63) is 64.5 Å². The van der Waals surface area contributed by atoms with E-state index in [0.717, 1.165) is 0 Å². The van der Waals surface area contributed by atoms with Crippen molar-refractivity contribution in [2.75, 3.05) is 0 Å². The Balaban J connectivity index is 1.64. The first-order chi connectivity index (χ1) is 12.1. The molecule has 8 heteroatoms. The number of aromatic nitrogens is 3. The standard InChI is InChI=1S/C17H11Cl2N3O3/c18-11-3-1-4-12(19)17(11)25-9-10-7-16(23)22-15(20-10)8-13(21-22)14-5-2-6-24-14/h1-8,23H,9H2. The van der Waals surface area contributed by atoms with Gasteiger partial charge in [-0.3, -0.25) is 0 Å². The second-order valence-electron chi connectivity index (χ2n) is 5.22. The van der Waals surface area contributed by atoms with Crippen molar-refractivity contribution in [1.82, 2.24) is 14.6 Å². The summed E-state index contributed by atoms with van der Waals surface area (Å²) in [7, 11) is 0. The van der Waals surface area contributed by atoms with Crippen molar-refractivity contribution in [3.63, 3.8) is 0 Å². The van der Waals surface area contributed by atoms with Crippen LogP contribution in [0.2, 0.25) is 10.0 Å². The van der Waals surface area contributed by atoms with E-state index in [-0.39, 0.29) is 12.5 Å². The van der Waals surface area contributed by atoms with E-state index in [0.29, 0.717) is 38.6 Å². The summed E-state index contributed by atoms with van der Waals surface area (Å²) < 4.78 is 12.3. The van der Waals surface area contributed by atoms with Crippen LogP contribution in [-0.2, 0) is 6.61 Å². The Labute approximate surface area is 152 Å². The second kappa shape index (κ2) is 6.31. The summed E-state index contributed by atoms with van der Waals surface area (Å²) in [5.41, 5.74) is 1.54. The number of para-hydroxylation sites is 1. The predicted molar refractivity (Wildman–Crippen MR) is 93.1 cm³/mol. The van der Waals surface area contributed by atoms with E-state index >= 15 is 0 Å². The number of hydrogen-bond acceptors (Lipinski definition) is 5. The molecule has 25 heavy (non-hydrogen) atoms. The van der Waals surface area contributed by atoms with Crippen LogP contribution in [0.15, 0.2) is 53.1 Å². The average molecular weight is 376 g/mol. The van der Waals surface area contributed by atoms with Gasteiger partial charge in [-0.05, 0) is 24.3 Å². The molecule has 6 nitrogen and oxygen atoms in total. The van der Waals surface area contributed by atoms with Gasteiger partial charge in [-0.25, -0.2) is 4.98 Å². The molecule has 4 rings (SSSR count). The lowest BCUT2D eigenvalue weighted by molar-refractivity contribution is 0.300. The Bertz CT molecular complexity index is 1020. The summed E-state index contributed by atoms with van der Waals surface area (Å²) in [6.45, 7) is 0.0920. The zero-order valence-electron chi connectivity index (χ0n) is 12.7. The fraction of sp³-hybridized carbons (Fsp3) is 0.0588. The maximum atomic E-state index is 10.2. The van der Waals surface area contributed by atoms with Gasteiger partial charge in [0.15, 0.2) is 17.2 Å². The van der Waals surface area contributed by atoms with Crippen LogP contribution in [0.3, 0.4) is 0 Å². The van der Waals surface area contributed by atoms with Crippen molar-refractivity contribution in [3.8, 4) is 23.1 Å². The van der Waals surface area contributed by atoms with E-state index in [9.17, 15) is 5.11 Å². The number of hydrogen-bond donors (Lipinski definition) is 1. The van der Waals surface area contributed by atoms with Crippen molar-refractivity contribution in [2.45, 2.75) is 6.61 Å². The first kappa shape index (κ1) is 15.8. The van der Waals surface area contributed by atoms with E-state index < -0.39 is 0 Å². The monoisotopic (exact) mass is 375 g/mol. The highest BCUT2D eigenvalue weighted by atomic mass is 35.5. The molecule has 0 amide bonds. The van der Waals surface area contributed by atoms with Gasteiger partial charge in [0.2, 0.25) is 5.88 Å². The first-order valence-electron chi connectivity index (χ1n) is 7.31. The van der Waals surface area contributed by atoms with Crippen LogP contribution in [0.25, 0.3) is 17.1 Å². The minimum absolute atomic E-state index is 0.0633. The van der Waals surface area contributed by atoms with Crippen LogP contribution in [0.5, 0.6) is 11.6 Å². The van der Waals surface area contributed by atoms with Crippen LogP contribution in [0.1, 0.15) is 5.69 Å². The van der Waals surface area contributed by atoms with E-state index in [1.165, 1.54) is 10.6 Å². The molecule has 0 bridgehead atoms. The second-order valence-corrected chi connectivity index (χ2v) is 6.04. The molecule has 0 atom stereocenters. The molecule has 3 aromatic heterocycles.